The van der Waals surface area contributed by atoms with Gasteiger partial charge in [0.15, 0.2) is 0 Å². The van der Waals surface area contributed by atoms with Gasteiger partial charge >= 0.3 is 0 Å². The Labute approximate surface area is 102 Å². The maximum absolute atomic E-state index is 12.1. The molecule has 0 aromatic carbocycles. The molecule has 3 fully saturated rings. The maximum atomic E-state index is 12.1. The average Bonchev–Trinajstić information content (AvgIpc) is 3.11. The largest absolute Gasteiger partial charge is 0.376 e. The van der Waals surface area contributed by atoms with Crippen molar-refractivity contribution in [2.45, 2.75) is 44.2 Å². The SMILES string of the molecule is O=C(NC1CCOC1C1CC1)[C@H]1CCCNC1. The van der Waals surface area contributed by atoms with E-state index < -0.39 is 0 Å². The molecule has 17 heavy (non-hydrogen) atoms. The van der Waals surface area contributed by atoms with E-state index in [2.05, 4.69) is 10.6 Å². The van der Waals surface area contributed by atoms with Crippen LogP contribution in [0.1, 0.15) is 32.1 Å². The fourth-order valence-corrected chi connectivity index (χ4v) is 3.03. The molecule has 0 aromatic heterocycles. The van der Waals surface area contributed by atoms with Gasteiger partial charge in [0.1, 0.15) is 0 Å². The number of nitrogens with one attached hydrogen (secondary N) is 2. The second-order valence-electron chi connectivity index (χ2n) is 5.62. The first-order valence-electron chi connectivity index (χ1n) is 6.97. The zero-order valence-electron chi connectivity index (χ0n) is 10.3. The Morgan fingerprint density at radius 1 is 1.24 bits per heavy atom. The topological polar surface area (TPSA) is 50.4 Å². The molecule has 96 valence electrons. The lowest BCUT2D eigenvalue weighted by molar-refractivity contribution is -0.126. The zero-order chi connectivity index (χ0) is 11.7. The summed E-state index contributed by atoms with van der Waals surface area (Å²) in [5.74, 6) is 1.12. The number of amides is 1. The molecule has 1 aliphatic carbocycles. The summed E-state index contributed by atoms with van der Waals surface area (Å²) < 4.78 is 5.75. The Kier molecular flexibility index (Phi) is 3.34. The van der Waals surface area contributed by atoms with Crippen LogP contribution in [0.15, 0.2) is 0 Å². The Bertz CT molecular complexity index is 285. The van der Waals surface area contributed by atoms with Crippen molar-refractivity contribution in [1.29, 1.82) is 0 Å². The van der Waals surface area contributed by atoms with Crippen LogP contribution in [0.25, 0.3) is 0 Å². The van der Waals surface area contributed by atoms with Crippen LogP contribution in [0.2, 0.25) is 0 Å². The Morgan fingerprint density at radius 3 is 2.82 bits per heavy atom. The molecule has 2 heterocycles. The highest BCUT2D eigenvalue weighted by molar-refractivity contribution is 5.79. The van der Waals surface area contributed by atoms with E-state index in [1.165, 1.54) is 12.8 Å². The summed E-state index contributed by atoms with van der Waals surface area (Å²) in [5.41, 5.74) is 0. The number of carbonyl (C=O) groups excluding carboxylic acids is 1. The van der Waals surface area contributed by atoms with Crippen molar-refractivity contribution >= 4 is 5.91 Å². The third-order valence-corrected chi connectivity index (χ3v) is 4.22. The molecule has 0 aromatic rings. The van der Waals surface area contributed by atoms with E-state index in [4.69, 9.17) is 4.74 Å². The van der Waals surface area contributed by atoms with Crippen molar-refractivity contribution in [3.05, 3.63) is 0 Å². The van der Waals surface area contributed by atoms with Gasteiger partial charge in [-0.15, -0.1) is 0 Å². The third kappa shape index (κ3) is 2.63. The molecule has 3 atom stereocenters. The minimum atomic E-state index is 0.171. The summed E-state index contributed by atoms with van der Waals surface area (Å²) in [6.07, 6.45) is 6.00. The van der Waals surface area contributed by atoms with Crippen molar-refractivity contribution in [3.8, 4) is 0 Å². The monoisotopic (exact) mass is 238 g/mol. The number of ether oxygens (including phenoxy) is 1. The van der Waals surface area contributed by atoms with Crippen LogP contribution in [0, 0.1) is 11.8 Å². The second-order valence-corrected chi connectivity index (χ2v) is 5.62. The molecule has 0 radical (unpaired) electrons. The van der Waals surface area contributed by atoms with E-state index in [1.54, 1.807) is 0 Å². The van der Waals surface area contributed by atoms with Gasteiger partial charge in [0, 0.05) is 13.2 Å². The first-order valence-corrected chi connectivity index (χ1v) is 6.97. The van der Waals surface area contributed by atoms with Gasteiger partial charge in [-0.1, -0.05) is 0 Å². The van der Waals surface area contributed by atoms with E-state index in [1.807, 2.05) is 0 Å². The smallest absolute Gasteiger partial charge is 0.224 e. The average molecular weight is 238 g/mol. The highest BCUT2D eigenvalue weighted by atomic mass is 16.5. The molecular formula is C13H22N2O2. The number of rotatable bonds is 3. The molecule has 2 unspecified atom stereocenters. The van der Waals surface area contributed by atoms with Crippen LogP contribution < -0.4 is 10.6 Å². The third-order valence-electron chi connectivity index (χ3n) is 4.22. The van der Waals surface area contributed by atoms with Crippen molar-refractivity contribution in [1.82, 2.24) is 10.6 Å². The van der Waals surface area contributed by atoms with Crippen LogP contribution in [0.5, 0.6) is 0 Å². The Hall–Kier alpha value is -0.610. The van der Waals surface area contributed by atoms with E-state index in [0.717, 1.165) is 39.0 Å². The Morgan fingerprint density at radius 2 is 2.12 bits per heavy atom. The van der Waals surface area contributed by atoms with Crippen LogP contribution in [-0.4, -0.2) is 37.7 Å². The molecule has 1 saturated carbocycles. The van der Waals surface area contributed by atoms with Gasteiger partial charge in [-0.05, 0) is 44.6 Å². The van der Waals surface area contributed by atoms with Crippen molar-refractivity contribution in [2.24, 2.45) is 11.8 Å². The van der Waals surface area contributed by atoms with E-state index >= 15 is 0 Å². The first-order chi connectivity index (χ1) is 8.34. The molecule has 3 aliphatic rings. The predicted molar refractivity (Wildman–Crippen MR) is 64.6 cm³/mol. The van der Waals surface area contributed by atoms with Gasteiger partial charge in [-0.3, -0.25) is 4.79 Å². The summed E-state index contributed by atoms with van der Waals surface area (Å²) in [4.78, 5) is 12.1. The predicted octanol–water partition coefficient (Wildman–Crippen LogP) is 0.670. The molecule has 0 bridgehead atoms. The standard InChI is InChI=1S/C13H22N2O2/c16-13(10-2-1-6-14-8-10)15-11-5-7-17-12(11)9-3-4-9/h9-12,14H,1-8H2,(H,15,16)/t10-,11?,12?/m0/s1. The molecule has 2 aliphatic heterocycles. The second kappa shape index (κ2) is 4.94. The number of carbonyl (C=O) groups is 1. The lowest BCUT2D eigenvalue weighted by Crippen LogP contribution is -2.47. The summed E-state index contributed by atoms with van der Waals surface area (Å²) in [5, 5.41) is 6.51. The van der Waals surface area contributed by atoms with Crippen molar-refractivity contribution in [3.63, 3.8) is 0 Å². The molecule has 0 spiro atoms. The van der Waals surface area contributed by atoms with E-state index in [9.17, 15) is 4.79 Å². The van der Waals surface area contributed by atoms with Gasteiger partial charge in [-0.25, -0.2) is 0 Å². The lowest BCUT2D eigenvalue weighted by Gasteiger charge is -2.25. The molecule has 4 heteroatoms. The van der Waals surface area contributed by atoms with Gasteiger partial charge in [-0.2, -0.15) is 0 Å². The summed E-state index contributed by atoms with van der Waals surface area (Å²) >= 11 is 0. The van der Waals surface area contributed by atoms with E-state index in [0.29, 0.717) is 12.0 Å². The van der Waals surface area contributed by atoms with Crippen molar-refractivity contribution in [2.75, 3.05) is 19.7 Å². The highest BCUT2D eigenvalue weighted by Gasteiger charge is 2.41. The van der Waals surface area contributed by atoms with Crippen molar-refractivity contribution < 1.29 is 9.53 Å². The summed E-state index contributed by atoms with van der Waals surface area (Å²) in [7, 11) is 0. The minimum absolute atomic E-state index is 0.171. The lowest BCUT2D eigenvalue weighted by atomic mass is 9.97. The minimum Gasteiger partial charge on any atom is -0.376 e. The number of hydrogen-bond acceptors (Lipinski definition) is 3. The molecule has 2 saturated heterocycles. The van der Waals surface area contributed by atoms with Gasteiger partial charge in [0.2, 0.25) is 5.91 Å². The van der Waals surface area contributed by atoms with Crippen LogP contribution in [-0.2, 0) is 9.53 Å². The zero-order valence-corrected chi connectivity index (χ0v) is 10.3. The highest BCUT2D eigenvalue weighted by Crippen LogP contribution is 2.38. The first kappa shape index (κ1) is 11.5. The fourth-order valence-electron chi connectivity index (χ4n) is 3.03. The summed E-state index contributed by atoms with van der Waals surface area (Å²) in [6.45, 7) is 2.71. The van der Waals surface area contributed by atoms with Crippen LogP contribution >= 0.6 is 0 Å². The molecule has 2 N–H and O–H groups in total. The molecular weight excluding hydrogens is 216 g/mol. The quantitative estimate of drug-likeness (QED) is 0.760. The van der Waals surface area contributed by atoms with Gasteiger partial charge in [0.25, 0.3) is 0 Å². The van der Waals surface area contributed by atoms with Crippen LogP contribution in [0.3, 0.4) is 0 Å². The normalized spacial score (nSPS) is 38.0. The number of hydrogen-bond donors (Lipinski definition) is 2. The van der Waals surface area contributed by atoms with Gasteiger partial charge < -0.3 is 15.4 Å². The molecule has 3 rings (SSSR count). The van der Waals surface area contributed by atoms with Crippen LogP contribution in [0.4, 0.5) is 0 Å². The maximum Gasteiger partial charge on any atom is 0.224 e. The van der Waals surface area contributed by atoms with Gasteiger partial charge in [0.05, 0.1) is 18.1 Å². The molecule has 1 amide bonds. The fraction of sp³-hybridized carbons (Fsp3) is 0.923. The molecule has 4 nitrogen and oxygen atoms in total. The van der Waals surface area contributed by atoms with E-state index in [-0.39, 0.29) is 17.9 Å². The Balaban J connectivity index is 1.52. The summed E-state index contributed by atoms with van der Waals surface area (Å²) in [6, 6.07) is 0.275. The number of piperidine rings is 1.